The first-order valence-corrected chi connectivity index (χ1v) is 8.19. The van der Waals surface area contributed by atoms with E-state index in [1.807, 2.05) is 0 Å². The maximum atomic E-state index is 12.8. The van der Waals surface area contributed by atoms with E-state index in [1.165, 1.54) is 6.07 Å². The first-order valence-electron chi connectivity index (χ1n) is 7.81. The molecule has 2 rings (SSSR count). The molecule has 0 fully saturated rings. The number of hydrogen-bond acceptors (Lipinski definition) is 6. The highest BCUT2D eigenvalue weighted by molar-refractivity contribution is 6.31. The van der Waals surface area contributed by atoms with E-state index < -0.39 is 5.97 Å². The number of nitrogens with one attached hydrogen (secondary N) is 1. The number of benzene rings is 2. The zero-order valence-corrected chi connectivity index (χ0v) is 15.1. The Bertz CT molecular complexity index is 807. The minimum absolute atomic E-state index is 0.212. The average Bonchev–Trinajstić information content (AvgIpc) is 2.66. The van der Waals surface area contributed by atoms with Crippen LogP contribution >= 0.6 is 11.6 Å². The van der Waals surface area contributed by atoms with Gasteiger partial charge in [-0.25, -0.2) is 4.79 Å². The van der Waals surface area contributed by atoms with Crippen LogP contribution in [0.5, 0.6) is 5.75 Å². The average molecular weight is 376 g/mol. The van der Waals surface area contributed by atoms with Crippen molar-refractivity contribution >= 4 is 29.0 Å². The summed E-state index contributed by atoms with van der Waals surface area (Å²) >= 11 is 6.02. The Hall–Kier alpha value is -2.93. The van der Waals surface area contributed by atoms with E-state index in [0.717, 1.165) is 0 Å². The lowest BCUT2D eigenvalue weighted by Crippen LogP contribution is -2.08. The maximum absolute atomic E-state index is 12.8. The minimum Gasteiger partial charge on any atom is -0.497 e. The molecule has 0 amide bonds. The van der Waals surface area contributed by atoms with Gasteiger partial charge in [0.1, 0.15) is 5.75 Å². The molecule has 136 valence electrons. The van der Waals surface area contributed by atoms with Crippen molar-refractivity contribution in [3.05, 3.63) is 58.6 Å². The van der Waals surface area contributed by atoms with Crippen LogP contribution in [0.1, 0.15) is 22.8 Å². The molecular formula is C18H18ClN3O4. The van der Waals surface area contributed by atoms with Gasteiger partial charge in [-0.05, 0) is 49.4 Å². The van der Waals surface area contributed by atoms with Crippen molar-refractivity contribution in [1.29, 1.82) is 0 Å². The summed E-state index contributed by atoms with van der Waals surface area (Å²) < 4.78 is 9.84. The molecule has 0 aromatic heterocycles. The molecule has 0 saturated heterocycles. The smallest absolute Gasteiger partial charge is 0.329 e. The van der Waals surface area contributed by atoms with Crippen LogP contribution in [0.3, 0.4) is 0 Å². The van der Waals surface area contributed by atoms with Gasteiger partial charge in [0.05, 0.1) is 19.4 Å². The summed E-state index contributed by atoms with van der Waals surface area (Å²) in [7, 11) is 1.55. The third kappa shape index (κ3) is 5.29. The summed E-state index contributed by atoms with van der Waals surface area (Å²) in [5.41, 5.74) is 3.88. The third-order valence-corrected chi connectivity index (χ3v) is 3.56. The SMILES string of the molecule is CCOC(=O)CN=NNc1ccc(Cl)cc1C(=O)c1ccc(OC)cc1. The van der Waals surface area contributed by atoms with Gasteiger partial charge in [-0.2, -0.15) is 5.11 Å². The Balaban J connectivity index is 2.17. The van der Waals surface area contributed by atoms with E-state index >= 15 is 0 Å². The zero-order valence-electron chi connectivity index (χ0n) is 14.4. The molecule has 0 radical (unpaired) electrons. The number of hydrogen-bond donors (Lipinski definition) is 1. The molecule has 0 aliphatic rings. The molecule has 7 nitrogen and oxygen atoms in total. The molecule has 1 N–H and O–H groups in total. The summed E-state index contributed by atoms with van der Waals surface area (Å²) in [6, 6.07) is 11.5. The van der Waals surface area contributed by atoms with Gasteiger partial charge in [0.2, 0.25) is 0 Å². The van der Waals surface area contributed by atoms with Crippen LogP contribution in [-0.4, -0.2) is 32.0 Å². The van der Waals surface area contributed by atoms with Gasteiger partial charge in [-0.1, -0.05) is 16.8 Å². The van der Waals surface area contributed by atoms with Gasteiger partial charge in [0, 0.05) is 16.1 Å². The maximum Gasteiger partial charge on any atom is 0.329 e. The lowest BCUT2D eigenvalue weighted by Gasteiger charge is -2.09. The van der Waals surface area contributed by atoms with Gasteiger partial charge in [0.25, 0.3) is 0 Å². The lowest BCUT2D eigenvalue weighted by molar-refractivity contribution is -0.141. The van der Waals surface area contributed by atoms with Gasteiger partial charge in [0.15, 0.2) is 12.3 Å². The van der Waals surface area contributed by atoms with E-state index in [9.17, 15) is 9.59 Å². The van der Waals surface area contributed by atoms with Crippen LogP contribution in [0.2, 0.25) is 5.02 Å². The van der Waals surface area contributed by atoms with Crippen molar-refractivity contribution < 1.29 is 19.1 Å². The van der Waals surface area contributed by atoms with Crippen LogP contribution in [0, 0.1) is 0 Å². The van der Waals surface area contributed by atoms with Crippen LogP contribution < -0.4 is 10.2 Å². The first-order chi connectivity index (χ1) is 12.5. The highest BCUT2D eigenvalue weighted by Gasteiger charge is 2.14. The van der Waals surface area contributed by atoms with Gasteiger partial charge in [-0.3, -0.25) is 10.2 Å². The van der Waals surface area contributed by atoms with E-state index in [-0.39, 0.29) is 18.9 Å². The fraction of sp³-hybridized carbons (Fsp3) is 0.222. The molecule has 0 bridgehead atoms. The zero-order chi connectivity index (χ0) is 18.9. The number of ketones is 1. The van der Waals surface area contributed by atoms with Crippen molar-refractivity contribution in [2.45, 2.75) is 6.92 Å². The number of carbonyl (C=O) groups excluding carboxylic acids is 2. The molecule has 2 aromatic rings. The molecule has 0 spiro atoms. The number of rotatable bonds is 8. The van der Waals surface area contributed by atoms with E-state index in [2.05, 4.69) is 15.8 Å². The molecule has 0 heterocycles. The molecule has 0 unspecified atom stereocenters. The van der Waals surface area contributed by atoms with Crippen molar-refractivity contribution in [3.8, 4) is 5.75 Å². The molecule has 26 heavy (non-hydrogen) atoms. The normalized spacial score (nSPS) is 10.6. The predicted octanol–water partition coefficient (Wildman–Crippen LogP) is 3.92. The van der Waals surface area contributed by atoms with Crippen LogP contribution in [0.15, 0.2) is 52.8 Å². The Kier molecular flexibility index (Phi) is 7.11. The van der Waals surface area contributed by atoms with Crippen LogP contribution in [-0.2, 0) is 9.53 Å². The number of ether oxygens (including phenoxy) is 2. The number of halogens is 1. The second kappa shape index (κ2) is 9.53. The summed E-state index contributed by atoms with van der Waals surface area (Å²) in [5, 5.41) is 7.81. The fourth-order valence-electron chi connectivity index (χ4n) is 2.09. The molecule has 0 aliphatic carbocycles. The summed E-state index contributed by atoms with van der Waals surface area (Å²) in [6.45, 7) is 1.77. The van der Waals surface area contributed by atoms with Crippen molar-refractivity contribution in [1.82, 2.24) is 0 Å². The number of anilines is 1. The van der Waals surface area contributed by atoms with E-state index in [4.69, 9.17) is 21.1 Å². The van der Waals surface area contributed by atoms with Crippen LogP contribution in [0.25, 0.3) is 0 Å². The predicted molar refractivity (Wildman–Crippen MR) is 97.9 cm³/mol. The molecule has 2 aromatic carbocycles. The van der Waals surface area contributed by atoms with Crippen molar-refractivity contribution in [3.63, 3.8) is 0 Å². The molecule has 8 heteroatoms. The van der Waals surface area contributed by atoms with Crippen LogP contribution in [0.4, 0.5) is 5.69 Å². The number of methoxy groups -OCH3 is 1. The largest absolute Gasteiger partial charge is 0.497 e. The highest BCUT2D eigenvalue weighted by atomic mass is 35.5. The number of carbonyl (C=O) groups is 2. The topological polar surface area (TPSA) is 89.4 Å². The molecule has 0 saturated carbocycles. The monoisotopic (exact) mass is 375 g/mol. The van der Waals surface area contributed by atoms with E-state index in [1.54, 1.807) is 50.4 Å². The van der Waals surface area contributed by atoms with Crippen molar-refractivity contribution in [2.24, 2.45) is 10.3 Å². The Morgan fingerprint density at radius 2 is 1.88 bits per heavy atom. The van der Waals surface area contributed by atoms with Gasteiger partial charge >= 0.3 is 5.97 Å². The number of nitrogens with zero attached hydrogens (tertiary/aromatic N) is 2. The standard InChI is InChI=1S/C18H18ClN3O4/c1-3-26-17(23)11-20-22-21-16-9-6-13(19)10-15(16)18(24)12-4-7-14(25-2)8-5-12/h4-10H,3,11H2,1-2H3,(H,20,21). The minimum atomic E-state index is -0.483. The Labute approximate surface area is 155 Å². The quantitative estimate of drug-likeness (QED) is 0.327. The summed E-state index contributed by atoms with van der Waals surface area (Å²) in [4.78, 5) is 24.0. The first kappa shape index (κ1) is 19.4. The van der Waals surface area contributed by atoms with Crippen molar-refractivity contribution in [2.75, 3.05) is 25.7 Å². The Morgan fingerprint density at radius 3 is 2.54 bits per heavy atom. The molecular weight excluding hydrogens is 358 g/mol. The van der Waals surface area contributed by atoms with E-state index in [0.29, 0.717) is 27.6 Å². The van der Waals surface area contributed by atoms with Gasteiger partial charge in [-0.15, -0.1) is 0 Å². The Morgan fingerprint density at radius 1 is 1.15 bits per heavy atom. The third-order valence-electron chi connectivity index (χ3n) is 3.32. The fourth-order valence-corrected chi connectivity index (χ4v) is 2.26. The highest BCUT2D eigenvalue weighted by Crippen LogP contribution is 2.24. The number of esters is 1. The second-order valence-corrected chi connectivity index (χ2v) is 5.50. The summed E-state index contributed by atoms with van der Waals surface area (Å²) in [5.74, 6) is -0.0688. The second-order valence-electron chi connectivity index (χ2n) is 5.06. The molecule has 0 atom stereocenters. The van der Waals surface area contributed by atoms with Gasteiger partial charge < -0.3 is 9.47 Å². The summed E-state index contributed by atoms with van der Waals surface area (Å²) in [6.07, 6.45) is 0. The lowest BCUT2D eigenvalue weighted by atomic mass is 10.0. The molecule has 0 aliphatic heterocycles.